The van der Waals surface area contributed by atoms with Crippen molar-refractivity contribution in [2.75, 3.05) is 6.61 Å². The van der Waals surface area contributed by atoms with Crippen LogP contribution in [0.3, 0.4) is 0 Å². The van der Waals surface area contributed by atoms with Crippen LogP contribution in [0.15, 0.2) is 30.3 Å². The Hall–Kier alpha value is -1.44. The van der Waals surface area contributed by atoms with E-state index < -0.39 is 27.3 Å². The van der Waals surface area contributed by atoms with E-state index >= 15 is 0 Å². The lowest BCUT2D eigenvalue weighted by Crippen LogP contribution is -2.43. The van der Waals surface area contributed by atoms with Crippen molar-refractivity contribution in [2.24, 2.45) is 0 Å². The van der Waals surface area contributed by atoms with Crippen molar-refractivity contribution >= 4 is 16.0 Å². The van der Waals surface area contributed by atoms with E-state index in [1.165, 1.54) is 0 Å². The van der Waals surface area contributed by atoms with Crippen molar-refractivity contribution in [2.45, 2.75) is 37.2 Å². The predicted molar refractivity (Wildman–Crippen MR) is 77.3 cm³/mol. The van der Waals surface area contributed by atoms with E-state index in [1.54, 1.807) is 30.3 Å². The first kappa shape index (κ1) is 15.9. The lowest BCUT2D eigenvalue weighted by atomic mass is 10.1. The van der Waals surface area contributed by atoms with Gasteiger partial charge in [0.05, 0.1) is 11.4 Å². The smallest absolute Gasteiger partial charge is 0.326 e. The molecule has 2 unspecified atom stereocenters. The Balaban J connectivity index is 2.18. The molecule has 1 heterocycles. The molecule has 1 fully saturated rings. The van der Waals surface area contributed by atoms with Gasteiger partial charge in [0.1, 0.15) is 6.04 Å². The fourth-order valence-corrected chi connectivity index (χ4v) is 4.09. The Morgan fingerprint density at radius 1 is 1.38 bits per heavy atom. The molecule has 2 rings (SSSR count). The molecule has 21 heavy (non-hydrogen) atoms. The number of ether oxygens (including phenoxy) is 1. The van der Waals surface area contributed by atoms with Gasteiger partial charge in [0.25, 0.3) is 0 Å². The number of carboxylic acids is 1. The van der Waals surface area contributed by atoms with Gasteiger partial charge in [-0.1, -0.05) is 30.3 Å². The number of aliphatic carboxylic acids is 1. The van der Waals surface area contributed by atoms with Crippen molar-refractivity contribution in [3.63, 3.8) is 0 Å². The zero-order valence-corrected chi connectivity index (χ0v) is 12.5. The third-order valence-corrected chi connectivity index (χ3v) is 5.41. The third kappa shape index (κ3) is 4.03. The number of nitrogens with one attached hydrogen (secondary N) is 1. The van der Waals surface area contributed by atoms with Gasteiger partial charge in [0.2, 0.25) is 10.0 Å². The molecule has 0 amide bonds. The molecule has 0 aromatic heterocycles. The van der Waals surface area contributed by atoms with Crippen LogP contribution in [0.25, 0.3) is 0 Å². The Kier molecular flexibility index (Phi) is 4.97. The Morgan fingerprint density at radius 2 is 2.05 bits per heavy atom. The largest absolute Gasteiger partial charge is 0.480 e. The number of carboxylic acid groups (broad SMARTS) is 1. The molecule has 1 aliphatic heterocycles. The van der Waals surface area contributed by atoms with E-state index in [4.69, 9.17) is 4.74 Å². The number of carbonyl (C=O) groups is 1. The molecule has 1 aliphatic rings. The quantitative estimate of drug-likeness (QED) is 0.854. The zero-order chi connectivity index (χ0) is 15.5. The number of sulfonamides is 1. The summed E-state index contributed by atoms with van der Waals surface area (Å²) in [6, 6.07) is 7.01. The van der Waals surface area contributed by atoms with Crippen LogP contribution in [0.5, 0.6) is 0 Å². The fourth-order valence-electron chi connectivity index (χ4n) is 2.41. The van der Waals surface area contributed by atoms with Gasteiger partial charge in [0.15, 0.2) is 0 Å². The molecule has 0 radical (unpaired) electrons. The van der Waals surface area contributed by atoms with Crippen molar-refractivity contribution in [3.8, 4) is 0 Å². The van der Waals surface area contributed by atoms with E-state index in [0.717, 1.165) is 0 Å². The van der Waals surface area contributed by atoms with Crippen LogP contribution in [0.1, 0.15) is 31.4 Å². The second kappa shape index (κ2) is 6.55. The van der Waals surface area contributed by atoms with Gasteiger partial charge in [-0.3, -0.25) is 4.79 Å². The van der Waals surface area contributed by atoms with Crippen molar-refractivity contribution in [1.82, 2.24) is 4.72 Å². The molecule has 1 aromatic carbocycles. The fraction of sp³-hybridized carbons (Fsp3) is 0.500. The molecule has 6 nitrogen and oxygen atoms in total. The van der Waals surface area contributed by atoms with E-state index in [-0.39, 0.29) is 6.10 Å². The van der Waals surface area contributed by atoms with Crippen LogP contribution in [-0.2, 0) is 19.6 Å². The van der Waals surface area contributed by atoms with Crippen LogP contribution in [0, 0.1) is 0 Å². The predicted octanol–water partition coefficient (Wildman–Crippen LogP) is 1.30. The SMILES string of the molecule is CC1CC(S(=O)(=O)N[C@@H](C(=O)O)c2ccccc2)CCO1. The maximum absolute atomic E-state index is 12.4. The summed E-state index contributed by atoms with van der Waals surface area (Å²) in [4.78, 5) is 11.4. The molecule has 1 saturated heterocycles. The first-order valence-electron chi connectivity index (χ1n) is 6.80. The van der Waals surface area contributed by atoms with E-state index in [1.807, 2.05) is 6.92 Å². The van der Waals surface area contributed by atoms with Gasteiger partial charge in [-0.15, -0.1) is 0 Å². The molecule has 0 bridgehead atoms. The summed E-state index contributed by atoms with van der Waals surface area (Å²) in [6.07, 6.45) is 0.609. The van der Waals surface area contributed by atoms with Crippen molar-refractivity contribution < 1.29 is 23.1 Å². The highest BCUT2D eigenvalue weighted by atomic mass is 32.2. The van der Waals surface area contributed by atoms with Gasteiger partial charge in [-0.2, -0.15) is 4.72 Å². The number of hydrogen-bond donors (Lipinski definition) is 2. The topological polar surface area (TPSA) is 92.7 Å². The van der Waals surface area contributed by atoms with Crippen molar-refractivity contribution in [3.05, 3.63) is 35.9 Å². The van der Waals surface area contributed by atoms with Gasteiger partial charge in [-0.05, 0) is 25.3 Å². The Labute approximate surface area is 124 Å². The highest BCUT2D eigenvalue weighted by molar-refractivity contribution is 7.90. The second-order valence-corrected chi connectivity index (χ2v) is 7.16. The molecule has 0 spiro atoms. The van der Waals surface area contributed by atoms with Crippen molar-refractivity contribution in [1.29, 1.82) is 0 Å². The normalized spacial score (nSPS) is 24.4. The average molecular weight is 313 g/mol. The van der Waals surface area contributed by atoms with Gasteiger partial charge in [-0.25, -0.2) is 8.42 Å². The minimum absolute atomic E-state index is 0.139. The zero-order valence-electron chi connectivity index (χ0n) is 11.7. The van der Waals surface area contributed by atoms with Crippen LogP contribution >= 0.6 is 0 Å². The van der Waals surface area contributed by atoms with E-state index in [9.17, 15) is 18.3 Å². The molecule has 116 valence electrons. The van der Waals surface area contributed by atoms with Gasteiger partial charge < -0.3 is 9.84 Å². The molecular weight excluding hydrogens is 294 g/mol. The third-order valence-electron chi connectivity index (χ3n) is 3.54. The monoisotopic (exact) mass is 313 g/mol. The summed E-state index contributed by atoms with van der Waals surface area (Å²) in [5.74, 6) is -1.22. The summed E-state index contributed by atoms with van der Waals surface area (Å²) in [7, 11) is -3.72. The maximum Gasteiger partial charge on any atom is 0.326 e. The van der Waals surface area contributed by atoms with Crippen LogP contribution < -0.4 is 4.72 Å². The average Bonchev–Trinajstić information content (AvgIpc) is 2.45. The van der Waals surface area contributed by atoms with E-state index in [0.29, 0.717) is 25.0 Å². The van der Waals surface area contributed by atoms with Gasteiger partial charge in [0, 0.05) is 6.61 Å². The first-order chi connectivity index (χ1) is 9.90. The molecule has 1 aromatic rings. The molecule has 7 heteroatoms. The summed E-state index contributed by atoms with van der Waals surface area (Å²) in [5.41, 5.74) is 0.411. The van der Waals surface area contributed by atoms with Crippen LogP contribution in [0.4, 0.5) is 0 Å². The molecule has 0 aliphatic carbocycles. The Morgan fingerprint density at radius 3 is 2.62 bits per heavy atom. The lowest BCUT2D eigenvalue weighted by Gasteiger charge is -2.28. The van der Waals surface area contributed by atoms with E-state index in [2.05, 4.69) is 4.72 Å². The summed E-state index contributed by atoms with van der Waals surface area (Å²) in [6.45, 7) is 2.18. The first-order valence-corrected chi connectivity index (χ1v) is 8.35. The number of benzene rings is 1. The van der Waals surface area contributed by atoms with Crippen LogP contribution in [-0.4, -0.2) is 37.5 Å². The summed E-state index contributed by atoms with van der Waals surface area (Å²) < 4.78 is 32.4. The highest BCUT2D eigenvalue weighted by Crippen LogP contribution is 2.22. The molecule has 0 saturated carbocycles. The minimum atomic E-state index is -3.72. The molecular formula is C14H19NO5S. The Bertz CT molecular complexity index is 587. The molecule has 2 N–H and O–H groups in total. The molecule has 3 atom stereocenters. The highest BCUT2D eigenvalue weighted by Gasteiger charge is 2.34. The summed E-state index contributed by atoms with van der Waals surface area (Å²) in [5, 5.41) is 8.67. The van der Waals surface area contributed by atoms with Crippen LogP contribution in [0.2, 0.25) is 0 Å². The summed E-state index contributed by atoms with van der Waals surface area (Å²) >= 11 is 0. The second-order valence-electron chi connectivity index (χ2n) is 5.17. The standard InChI is InChI=1S/C14H19NO5S/c1-10-9-12(7-8-20-10)21(18,19)15-13(14(16)17)11-5-3-2-4-6-11/h2-6,10,12-13,15H,7-9H2,1H3,(H,16,17)/t10?,12?,13-/m1/s1. The van der Waals surface area contributed by atoms with Gasteiger partial charge >= 0.3 is 5.97 Å². The lowest BCUT2D eigenvalue weighted by molar-refractivity contribution is -0.139. The maximum atomic E-state index is 12.4. The number of hydrogen-bond acceptors (Lipinski definition) is 4. The minimum Gasteiger partial charge on any atom is -0.480 e. The number of rotatable bonds is 5.